The second-order valence-electron chi connectivity index (χ2n) is 3.53. The van der Waals surface area contributed by atoms with Crippen LogP contribution in [0.4, 0.5) is 0 Å². The van der Waals surface area contributed by atoms with Gasteiger partial charge in [-0.15, -0.1) is 0 Å². The number of hydrogen-bond donors (Lipinski definition) is 1. The minimum atomic E-state index is -1.50. The Morgan fingerprint density at radius 1 is 1.28 bits per heavy atom. The van der Waals surface area contributed by atoms with Crippen LogP contribution in [0.3, 0.4) is 0 Å². The number of ketones is 1. The van der Waals surface area contributed by atoms with E-state index in [1.165, 1.54) is 6.08 Å². The normalized spacial score (nSPS) is 13.6. The molecule has 5 nitrogen and oxygen atoms in total. The number of aliphatic carboxylic acids is 1. The van der Waals surface area contributed by atoms with Crippen LogP contribution in [0.1, 0.15) is 5.56 Å². The summed E-state index contributed by atoms with van der Waals surface area (Å²) in [5.41, 5.74) is 0.568. The average Bonchev–Trinajstić information content (AvgIpc) is 2.36. The first-order valence-electron chi connectivity index (χ1n) is 5.12. The summed E-state index contributed by atoms with van der Waals surface area (Å²) in [5, 5.41) is 8.79. The van der Waals surface area contributed by atoms with Crippen molar-refractivity contribution in [3.8, 4) is 11.5 Å². The minimum absolute atomic E-state index is 0.356. The lowest BCUT2D eigenvalue weighted by Crippen LogP contribution is -2.15. The second-order valence-corrected chi connectivity index (χ2v) is 3.94. The van der Waals surface area contributed by atoms with Gasteiger partial charge in [0.15, 0.2) is 11.5 Å². The zero-order chi connectivity index (χ0) is 13.1. The highest BCUT2D eigenvalue weighted by atomic mass is 35.5. The summed E-state index contributed by atoms with van der Waals surface area (Å²) in [4.78, 5) is 21.3. The van der Waals surface area contributed by atoms with Crippen molar-refractivity contribution in [1.82, 2.24) is 0 Å². The number of rotatable bonds is 3. The number of carboxylic acid groups (broad SMARTS) is 1. The number of hydrogen-bond acceptors (Lipinski definition) is 4. The highest BCUT2D eigenvalue weighted by molar-refractivity contribution is 6.38. The number of benzene rings is 1. The molecule has 1 N–H and O–H groups in total. The van der Waals surface area contributed by atoms with E-state index in [9.17, 15) is 9.59 Å². The molecule has 18 heavy (non-hydrogen) atoms. The molecule has 1 aliphatic rings. The highest BCUT2D eigenvalue weighted by Crippen LogP contribution is 2.38. The Kier molecular flexibility index (Phi) is 3.53. The van der Waals surface area contributed by atoms with Crippen LogP contribution in [-0.4, -0.2) is 30.1 Å². The van der Waals surface area contributed by atoms with Gasteiger partial charge in [0.25, 0.3) is 5.78 Å². The van der Waals surface area contributed by atoms with Crippen LogP contribution < -0.4 is 9.47 Å². The molecule has 0 fully saturated rings. The molecule has 0 saturated heterocycles. The van der Waals surface area contributed by atoms with E-state index in [1.807, 2.05) is 0 Å². The predicted molar refractivity (Wildman–Crippen MR) is 64.1 cm³/mol. The van der Waals surface area contributed by atoms with E-state index < -0.39 is 11.8 Å². The van der Waals surface area contributed by atoms with E-state index in [2.05, 4.69) is 0 Å². The minimum Gasteiger partial charge on any atom is -0.486 e. The van der Waals surface area contributed by atoms with E-state index in [0.717, 1.165) is 6.08 Å². The summed E-state index contributed by atoms with van der Waals surface area (Å²) in [5.74, 6) is -1.56. The van der Waals surface area contributed by atoms with Gasteiger partial charge in [-0.3, -0.25) is 4.79 Å². The zero-order valence-electron chi connectivity index (χ0n) is 9.18. The fourth-order valence-corrected chi connectivity index (χ4v) is 1.74. The fourth-order valence-electron chi connectivity index (χ4n) is 1.47. The number of carbonyl (C=O) groups is 2. The molecule has 1 heterocycles. The SMILES string of the molecule is O=C(O)C(=O)/C=C/c1cc(Cl)c2c(c1)OCCO2. The Bertz CT molecular complexity index is 536. The highest BCUT2D eigenvalue weighted by Gasteiger charge is 2.16. The Labute approximate surface area is 108 Å². The lowest BCUT2D eigenvalue weighted by Gasteiger charge is -2.19. The molecule has 0 amide bonds. The molecule has 2 rings (SSSR count). The first kappa shape index (κ1) is 12.4. The molecular formula is C12H9ClO5. The van der Waals surface area contributed by atoms with Crippen LogP contribution >= 0.6 is 11.6 Å². The zero-order valence-corrected chi connectivity index (χ0v) is 9.94. The molecule has 1 aliphatic heterocycles. The molecule has 0 bridgehead atoms. The summed E-state index contributed by atoms with van der Waals surface area (Å²) >= 11 is 5.99. The molecule has 94 valence electrons. The molecule has 0 saturated carbocycles. The van der Waals surface area contributed by atoms with Gasteiger partial charge in [0.2, 0.25) is 0 Å². The van der Waals surface area contributed by atoms with Gasteiger partial charge in [0.1, 0.15) is 13.2 Å². The van der Waals surface area contributed by atoms with Gasteiger partial charge in [-0.2, -0.15) is 0 Å². The van der Waals surface area contributed by atoms with Gasteiger partial charge >= 0.3 is 5.97 Å². The Hall–Kier alpha value is -2.01. The molecule has 0 radical (unpaired) electrons. The molecule has 6 heteroatoms. The van der Waals surface area contributed by atoms with Crippen LogP contribution in [0.5, 0.6) is 11.5 Å². The summed E-state index contributed by atoms with van der Waals surface area (Å²) in [7, 11) is 0. The maximum absolute atomic E-state index is 10.9. The topological polar surface area (TPSA) is 72.8 Å². The Balaban J connectivity index is 2.27. The third-order valence-corrected chi connectivity index (χ3v) is 2.54. The first-order chi connectivity index (χ1) is 8.58. The quantitative estimate of drug-likeness (QED) is 0.668. The molecular weight excluding hydrogens is 260 g/mol. The van der Waals surface area contributed by atoms with E-state index in [4.69, 9.17) is 26.2 Å². The lowest BCUT2D eigenvalue weighted by atomic mass is 10.1. The van der Waals surface area contributed by atoms with Gasteiger partial charge in [-0.25, -0.2) is 4.79 Å². The van der Waals surface area contributed by atoms with Crippen molar-refractivity contribution in [3.63, 3.8) is 0 Å². The fraction of sp³-hybridized carbons (Fsp3) is 0.167. The van der Waals surface area contributed by atoms with Crippen LogP contribution in [0, 0.1) is 0 Å². The summed E-state index contributed by atoms with van der Waals surface area (Å²) in [6.07, 6.45) is 2.32. The van der Waals surface area contributed by atoms with Gasteiger partial charge in [0.05, 0.1) is 5.02 Å². The van der Waals surface area contributed by atoms with E-state index in [0.29, 0.717) is 35.3 Å². The van der Waals surface area contributed by atoms with Gasteiger partial charge in [0, 0.05) is 0 Å². The third kappa shape index (κ3) is 2.62. The van der Waals surface area contributed by atoms with Crippen molar-refractivity contribution in [1.29, 1.82) is 0 Å². The maximum atomic E-state index is 10.9. The molecule has 0 aromatic heterocycles. The first-order valence-corrected chi connectivity index (χ1v) is 5.50. The van der Waals surface area contributed by atoms with Crippen molar-refractivity contribution >= 4 is 29.4 Å². The monoisotopic (exact) mass is 268 g/mol. The van der Waals surface area contributed by atoms with E-state index in [-0.39, 0.29) is 0 Å². The summed E-state index contributed by atoms with van der Waals surface area (Å²) in [6, 6.07) is 3.20. The largest absolute Gasteiger partial charge is 0.486 e. The number of fused-ring (bicyclic) bond motifs is 1. The van der Waals surface area contributed by atoms with Crippen molar-refractivity contribution < 1.29 is 24.2 Å². The molecule has 0 atom stereocenters. The molecule has 0 unspecified atom stereocenters. The molecule has 1 aromatic carbocycles. The van der Waals surface area contributed by atoms with Gasteiger partial charge in [-0.05, 0) is 23.8 Å². The molecule has 1 aromatic rings. The maximum Gasteiger partial charge on any atom is 0.376 e. The van der Waals surface area contributed by atoms with Crippen molar-refractivity contribution in [3.05, 3.63) is 28.8 Å². The van der Waals surface area contributed by atoms with Gasteiger partial charge in [-0.1, -0.05) is 17.7 Å². The predicted octanol–water partition coefficient (Wildman–Crippen LogP) is 1.78. The second kappa shape index (κ2) is 5.10. The van der Waals surface area contributed by atoms with E-state index >= 15 is 0 Å². The average molecular weight is 269 g/mol. The standard InChI is InChI=1S/C12H9ClO5/c13-8-5-7(1-2-9(14)12(15)16)6-10-11(8)18-4-3-17-10/h1-2,5-6H,3-4H2,(H,15,16)/b2-1+. The summed E-state index contributed by atoms with van der Waals surface area (Å²) in [6.45, 7) is 0.851. The lowest BCUT2D eigenvalue weighted by molar-refractivity contribution is -0.146. The number of carbonyl (C=O) groups excluding carboxylic acids is 1. The van der Waals surface area contributed by atoms with E-state index in [1.54, 1.807) is 12.1 Å². The van der Waals surface area contributed by atoms with Crippen LogP contribution in [0.25, 0.3) is 6.08 Å². The molecule has 0 aliphatic carbocycles. The van der Waals surface area contributed by atoms with Crippen LogP contribution in [0.2, 0.25) is 5.02 Å². The van der Waals surface area contributed by atoms with Crippen molar-refractivity contribution in [2.75, 3.05) is 13.2 Å². The van der Waals surface area contributed by atoms with Crippen LogP contribution in [0.15, 0.2) is 18.2 Å². The number of ether oxygens (including phenoxy) is 2. The van der Waals surface area contributed by atoms with Crippen molar-refractivity contribution in [2.45, 2.75) is 0 Å². The molecule has 0 spiro atoms. The number of carboxylic acids is 1. The number of halogens is 1. The Morgan fingerprint density at radius 2 is 2.00 bits per heavy atom. The summed E-state index contributed by atoms with van der Waals surface area (Å²) < 4.78 is 10.7. The van der Waals surface area contributed by atoms with Crippen LogP contribution in [-0.2, 0) is 9.59 Å². The Morgan fingerprint density at radius 3 is 2.72 bits per heavy atom. The third-order valence-electron chi connectivity index (χ3n) is 2.26. The smallest absolute Gasteiger partial charge is 0.376 e. The van der Waals surface area contributed by atoms with Gasteiger partial charge < -0.3 is 14.6 Å². The van der Waals surface area contributed by atoms with Crippen molar-refractivity contribution in [2.24, 2.45) is 0 Å².